The third-order valence-electron chi connectivity index (χ3n) is 3.77. The van der Waals surface area contributed by atoms with Crippen molar-refractivity contribution in [3.63, 3.8) is 0 Å². The smallest absolute Gasteiger partial charge is 0.175 e. The highest BCUT2D eigenvalue weighted by atomic mass is 16.5. The van der Waals surface area contributed by atoms with Crippen LogP contribution < -0.4 is 9.47 Å². The molecule has 1 aromatic carbocycles. The molecule has 2 heterocycles. The van der Waals surface area contributed by atoms with E-state index in [2.05, 4.69) is 20.3 Å². The first-order valence-electron chi connectivity index (χ1n) is 7.77. The number of hydrogen-bond donors (Lipinski definition) is 1. The number of nitrogens with one attached hydrogen (secondary N) is 1. The summed E-state index contributed by atoms with van der Waals surface area (Å²) < 4.78 is 12.8. The lowest BCUT2D eigenvalue weighted by Gasteiger charge is -2.10. The lowest BCUT2D eigenvalue weighted by molar-refractivity contribution is 0.295. The Balaban J connectivity index is 1.65. The summed E-state index contributed by atoms with van der Waals surface area (Å²) in [6.45, 7) is 6.35. The standard InChI is InChI=1S/C17H21N5O2/c1-11-9-12(2)22(21-11)13(3)17-18-16(19-20-17)10-24-15-7-5-14(23-4)6-8-15/h5-9,13H,10H2,1-4H3,(H,18,19,20)/t13-/m0/s1. The molecule has 0 spiro atoms. The quantitative estimate of drug-likeness (QED) is 0.753. The Morgan fingerprint density at radius 1 is 1.17 bits per heavy atom. The lowest BCUT2D eigenvalue weighted by Crippen LogP contribution is -2.12. The molecule has 2 aromatic heterocycles. The van der Waals surface area contributed by atoms with Crippen LogP contribution in [-0.2, 0) is 6.61 Å². The molecule has 0 radical (unpaired) electrons. The van der Waals surface area contributed by atoms with Crippen LogP contribution in [0.5, 0.6) is 11.5 Å². The molecule has 0 aliphatic heterocycles. The second-order valence-electron chi connectivity index (χ2n) is 5.65. The van der Waals surface area contributed by atoms with Gasteiger partial charge in [0.05, 0.1) is 12.8 Å². The van der Waals surface area contributed by atoms with Gasteiger partial charge in [-0.2, -0.15) is 10.2 Å². The van der Waals surface area contributed by atoms with E-state index in [1.807, 2.05) is 55.8 Å². The maximum absolute atomic E-state index is 5.71. The van der Waals surface area contributed by atoms with Gasteiger partial charge in [-0.3, -0.25) is 9.78 Å². The normalized spacial score (nSPS) is 12.2. The van der Waals surface area contributed by atoms with E-state index in [-0.39, 0.29) is 6.04 Å². The Morgan fingerprint density at radius 3 is 2.50 bits per heavy atom. The summed E-state index contributed by atoms with van der Waals surface area (Å²) in [7, 11) is 1.63. The molecular formula is C17H21N5O2. The fourth-order valence-electron chi connectivity index (χ4n) is 2.53. The number of methoxy groups -OCH3 is 1. The molecule has 7 heteroatoms. The van der Waals surface area contributed by atoms with Crippen LogP contribution in [0.3, 0.4) is 0 Å². The molecule has 3 rings (SSSR count). The van der Waals surface area contributed by atoms with Crippen LogP contribution in [0.25, 0.3) is 0 Å². The second-order valence-corrected chi connectivity index (χ2v) is 5.65. The van der Waals surface area contributed by atoms with E-state index < -0.39 is 0 Å². The number of aromatic nitrogens is 5. The van der Waals surface area contributed by atoms with Gasteiger partial charge in [-0.05, 0) is 51.1 Å². The molecule has 0 aliphatic rings. The minimum Gasteiger partial charge on any atom is -0.497 e. The highest BCUT2D eigenvalue weighted by Crippen LogP contribution is 2.19. The summed E-state index contributed by atoms with van der Waals surface area (Å²) in [5.74, 6) is 2.91. The average molecular weight is 327 g/mol. The lowest BCUT2D eigenvalue weighted by atomic mass is 10.3. The first-order valence-corrected chi connectivity index (χ1v) is 7.77. The van der Waals surface area contributed by atoms with E-state index >= 15 is 0 Å². The Bertz CT molecular complexity index is 807. The van der Waals surface area contributed by atoms with Crippen LogP contribution in [0.1, 0.15) is 36.0 Å². The van der Waals surface area contributed by atoms with Gasteiger partial charge >= 0.3 is 0 Å². The van der Waals surface area contributed by atoms with Gasteiger partial charge in [0, 0.05) is 5.69 Å². The monoisotopic (exact) mass is 327 g/mol. The zero-order chi connectivity index (χ0) is 17.1. The molecule has 24 heavy (non-hydrogen) atoms. The van der Waals surface area contributed by atoms with Gasteiger partial charge in [0.1, 0.15) is 24.1 Å². The van der Waals surface area contributed by atoms with Crippen molar-refractivity contribution in [1.29, 1.82) is 0 Å². The summed E-state index contributed by atoms with van der Waals surface area (Å²) in [6, 6.07) is 9.42. The fraction of sp³-hybridized carbons (Fsp3) is 0.353. The third-order valence-corrected chi connectivity index (χ3v) is 3.77. The van der Waals surface area contributed by atoms with E-state index in [4.69, 9.17) is 9.47 Å². The number of aryl methyl sites for hydroxylation is 2. The first kappa shape index (κ1) is 16.0. The van der Waals surface area contributed by atoms with Crippen LogP contribution in [-0.4, -0.2) is 32.1 Å². The minimum absolute atomic E-state index is 0.0373. The van der Waals surface area contributed by atoms with Gasteiger partial charge < -0.3 is 9.47 Å². The number of benzene rings is 1. The van der Waals surface area contributed by atoms with Gasteiger partial charge in [-0.15, -0.1) is 0 Å². The van der Waals surface area contributed by atoms with E-state index in [1.54, 1.807) is 7.11 Å². The van der Waals surface area contributed by atoms with Crippen molar-refractivity contribution in [2.45, 2.75) is 33.4 Å². The van der Waals surface area contributed by atoms with Crippen molar-refractivity contribution in [2.75, 3.05) is 7.11 Å². The van der Waals surface area contributed by atoms with Crippen molar-refractivity contribution in [2.24, 2.45) is 0 Å². The number of nitrogens with zero attached hydrogens (tertiary/aromatic N) is 4. The van der Waals surface area contributed by atoms with E-state index in [0.717, 1.165) is 22.9 Å². The van der Waals surface area contributed by atoms with Crippen LogP contribution in [0.2, 0.25) is 0 Å². The molecule has 1 atom stereocenters. The molecule has 0 fully saturated rings. The Kier molecular flexibility index (Phi) is 4.50. The first-order chi connectivity index (χ1) is 11.6. The topological polar surface area (TPSA) is 77.8 Å². The molecule has 126 valence electrons. The molecule has 7 nitrogen and oxygen atoms in total. The van der Waals surface area contributed by atoms with Crippen LogP contribution in [0.15, 0.2) is 30.3 Å². The Labute approximate surface area is 140 Å². The Hall–Kier alpha value is -2.83. The number of aromatic amines is 1. The van der Waals surface area contributed by atoms with Crippen molar-refractivity contribution in [3.8, 4) is 11.5 Å². The zero-order valence-electron chi connectivity index (χ0n) is 14.3. The Morgan fingerprint density at radius 2 is 1.88 bits per heavy atom. The van der Waals surface area contributed by atoms with E-state index in [1.165, 1.54) is 0 Å². The molecule has 0 aliphatic carbocycles. The van der Waals surface area contributed by atoms with Gasteiger partial charge in [0.25, 0.3) is 0 Å². The maximum Gasteiger partial charge on any atom is 0.175 e. The summed E-state index contributed by atoms with van der Waals surface area (Å²) in [6.07, 6.45) is 0. The molecule has 0 unspecified atom stereocenters. The van der Waals surface area contributed by atoms with Crippen molar-refractivity contribution >= 4 is 0 Å². The number of rotatable bonds is 6. The van der Waals surface area contributed by atoms with Gasteiger partial charge in [-0.1, -0.05) is 0 Å². The molecule has 0 saturated carbocycles. The molecular weight excluding hydrogens is 306 g/mol. The largest absolute Gasteiger partial charge is 0.497 e. The SMILES string of the molecule is COc1ccc(OCc2nc([C@H](C)n3nc(C)cc3C)n[nH]2)cc1. The number of hydrogen-bond acceptors (Lipinski definition) is 5. The predicted molar refractivity (Wildman–Crippen MR) is 89.2 cm³/mol. The van der Waals surface area contributed by atoms with Gasteiger partial charge in [-0.25, -0.2) is 4.98 Å². The van der Waals surface area contributed by atoms with E-state index in [0.29, 0.717) is 18.3 Å². The number of H-pyrrole nitrogens is 1. The van der Waals surface area contributed by atoms with Gasteiger partial charge in [0.2, 0.25) is 0 Å². The van der Waals surface area contributed by atoms with Crippen LogP contribution in [0, 0.1) is 13.8 Å². The highest BCUT2D eigenvalue weighted by Gasteiger charge is 2.16. The second kappa shape index (κ2) is 6.74. The molecule has 0 bridgehead atoms. The number of ether oxygens (including phenoxy) is 2. The summed E-state index contributed by atoms with van der Waals surface area (Å²) in [5.41, 5.74) is 2.07. The van der Waals surface area contributed by atoms with Gasteiger partial charge in [0.15, 0.2) is 11.6 Å². The third kappa shape index (κ3) is 3.40. The van der Waals surface area contributed by atoms with Crippen molar-refractivity contribution in [1.82, 2.24) is 25.0 Å². The van der Waals surface area contributed by atoms with Crippen LogP contribution in [0.4, 0.5) is 0 Å². The van der Waals surface area contributed by atoms with E-state index in [9.17, 15) is 0 Å². The fourth-order valence-corrected chi connectivity index (χ4v) is 2.53. The summed E-state index contributed by atoms with van der Waals surface area (Å²) >= 11 is 0. The van der Waals surface area contributed by atoms with Crippen LogP contribution >= 0.6 is 0 Å². The predicted octanol–water partition coefficient (Wildman–Crippen LogP) is 2.81. The highest BCUT2D eigenvalue weighted by molar-refractivity contribution is 5.31. The minimum atomic E-state index is -0.0373. The zero-order valence-corrected chi connectivity index (χ0v) is 14.3. The maximum atomic E-state index is 5.71. The molecule has 3 aromatic rings. The summed E-state index contributed by atoms with van der Waals surface area (Å²) in [5, 5.41) is 11.7. The molecule has 0 amide bonds. The van der Waals surface area contributed by atoms with Crippen molar-refractivity contribution in [3.05, 3.63) is 53.4 Å². The van der Waals surface area contributed by atoms with Crippen molar-refractivity contribution < 1.29 is 9.47 Å². The summed E-state index contributed by atoms with van der Waals surface area (Å²) in [4.78, 5) is 4.51. The average Bonchev–Trinajstić information content (AvgIpc) is 3.19. The molecule has 1 N–H and O–H groups in total. The molecule has 0 saturated heterocycles.